The number of hydrogen-bond acceptors (Lipinski definition) is 2. The number of nitrogens with one attached hydrogen (secondary N) is 1. The molecule has 0 aliphatic carbocycles. The van der Waals surface area contributed by atoms with Crippen LogP contribution in [0.15, 0.2) is 42.5 Å². The molecule has 5 heteroatoms. The Morgan fingerprint density at radius 2 is 1.95 bits per heavy atom. The van der Waals surface area contributed by atoms with Crippen molar-refractivity contribution in [3.63, 3.8) is 0 Å². The zero-order chi connectivity index (χ0) is 15.2. The minimum absolute atomic E-state index is 0.239. The van der Waals surface area contributed by atoms with Gasteiger partial charge in [-0.25, -0.2) is 8.78 Å². The Hall–Kier alpha value is -2.43. The highest BCUT2D eigenvalue weighted by Crippen LogP contribution is 2.12. The quantitative estimate of drug-likeness (QED) is 0.920. The first-order chi connectivity index (χ1) is 10.1. The van der Waals surface area contributed by atoms with Crippen LogP contribution in [0.1, 0.15) is 15.9 Å². The molecule has 2 rings (SSSR count). The Balaban J connectivity index is 1.90. The summed E-state index contributed by atoms with van der Waals surface area (Å²) in [5.41, 5.74) is 1.11. The number of halogens is 2. The third kappa shape index (κ3) is 4.02. The average Bonchev–Trinajstić information content (AvgIpc) is 2.50. The first-order valence-electron chi connectivity index (χ1n) is 6.46. The molecule has 0 aliphatic heterocycles. The summed E-state index contributed by atoms with van der Waals surface area (Å²) >= 11 is 0. The lowest BCUT2D eigenvalue weighted by Gasteiger charge is -2.07. The number of methoxy groups -OCH3 is 1. The SMILES string of the molecule is COc1cccc(C(=O)NCCc2ccc(F)c(F)c2)c1. The van der Waals surface area contributed by atoms with Crippen LogP contribution in [0.25, 0.3) is 0 Å². The maximum Gasteiger partial charge on any atom is 0.251 e. The van der Waals surface area contributed by atoms with Crippen molar-refractivity contribution in [2.75, 3.05) is 13.7 Å². The Morgan fingerprint density at radius 3 is 2.67 bits per heavy atom. The summed E-state index contributed by atoms with van der Waals surface area (Å²) in [5, 5.41) is 2.72. The van der Waals surface area contributed by atoms with Crippen molar-refractivity contribution in [2.45, 2.75) is 6.42 Å². The zero-order valence-electron chi connectivity index (χ0n) is 11.5. The molecule has 0 bridgehead atoms. The Bertz CT molecular complexity index is 644. The third-order valence-corrected chi connectivity index (χ3v) is 3.02. The van der Waals surface area contributed by atoms with E-state index in [4.69, 9.17) is 4.74 Å². The van der Waals surface area contributed by atoms with Crippen molar-refractivity contribution in [3.05, 3.63) is 65.2 Å². The number of amides is 1. The first-order valence-corrected chi connectivity index (χ1v) is 6.46. The van der Waals surface area contributed by atoms with E-state index in [0.29, 0.717) is 29.8 Å². The number of ether oxygens (including phenoxy) is 1. The molecule has 0 aromatic heterocycles. The van der Waals surface area contributed by atoms with Crippen LogP contribution in [0.4, 0.5) is 8.78 Å². The van der Waals surface area contributed by atoms with Gasteiger partial charge in [0.15, 0.2) is 11.6 Å². The molecule has 0 saturated carbocycles. The third-order valence-electron chi connectivity index (χ3n) is 3.02. The molecule has 1 N–H and O–H groups in total. The van der Waals surface area contributed by atoms with Gasteiger partial charge in [-0.3, -0.25) is 4.79 Å². The molecule has 0 unspecified atom stereocenters. The fraction of sp³-hybridized carbons (Fsp3) is 0.188. The number of carbonyl (C=O) groups excluding carboxylic acids is 1. The largest absolute Gasteiger partial charge is 0.497 e. The monoisotopic (exact) mass is 291 g/mol. The van der Waals surface area contributed by atoms with Gasteiger partial charge >= 0.3 is 0 Å². The van der Waals surface area contributed by atoms with E-state index in [2.05, 4.69) is 5.32 Å². The zero-order valence-corrected chi connectivity index (χ0v) is 11.5. The molecule has 2 aromatic rings. The van der Waals surface area contributed by atoms with Gasteiger partial charge in [-0.15, -0.1) is 0 Å². The summed E-state index contributed by atoms with van der Waals surface area (Å²) in [5.74, 6) is -1.40. The Labute approximate surface area is 121 Å². The van der Waals surface area contributed by atoms with E-state index >= 15 is 0 Å². The van der Waals surface area contributed by atoms with Crippen LogP contribution in [-0.4, -0.2) is 19.6 Å². The van der Waals surface area contributed by atoms with Crippen LogP contribution in [0.5, 0.6) is 5.75 Å². The number of hydrogen-bond donors (Lipinski definition) is 1. The van der Waals surface area contributed by atoms with E-state index in [-0.39, 0.29) is 5.91 Å². The molecule has 0 spiro atoms. The normalized spacial score (nSPS) is 10.2. The van der Waals surface area contributed by atoms with Crippen molar-refractivity contribution in [2.24, 2.45) is 0 Å². The molecule has 0 saturated heterocycles. The summed E-state index contributed by atoms with van der Waals surface area (Å²) in [6.45, 7) is 0.334. The lowest BCUT2D eigenvalue weighted by Crippen LogP contribution is -2.25. The standard InChI is InChI=1S/C16H15F2NO2/c1-21-13-4-2-3-12(10-13)16(20)19-8-7-11-5-6-14(17)15(18)9-11/h2-6,9-10H,7-8H2,1H3,(H,19,20). The van der Waals surface area contributed by atoms with Crippen molar-refractivity contribution < 1.29 is 18.3 Å². The molecule has 1 amide bonds. The van der Waals surface area contributed by atoms with Crippen molar-refractivity contribution in [1.82, 2.24) is 5.32 Å². The smallest absolute Gasteiger partial charge is 0.251 e. The molecule has 110 valence electrons. The minimum Gasteiger partial charge on any atom is -0.497 e. The van der Waals surface area contributed by atoms with Gasteiger partial charge in [-0.1, -0.05) is 12.1 Å². The van der Waals surface area contributed by atoms with E-state index in [1.165, 1.54) is 13.2 Å². The molecule has 2 aromatic carbocycles. The van der Waals surface area contributed by atoms with Crippen LogP contribution < -0.4 is 10.1 Å². The lowest BCUT2D eigenvalue weighted by molar-refractivity contribution is 0.0954. The molecule has 0 atom stereocenters. The fourth-order valence-electron chi connectivity index (χ4n) is 1.88. The summed E-state index contributed by atoms with van der Waals surface area (Å²) in [6, 6.07) is 10.5. The second kappa shape index (κ2) is 6.83. The minimum atomic E-state index is -0.883. The second-order valence-electron chi connectivity index (χ2n) is 4.49. The molecule has 3 nitrogen and oxygen atoms in total. The van der Waals surface area contributed by atoms with Crippen LogP contribution >= 0.6 is 0 Å². The maximum atomic E-state index is 13.0. The van der Waals surface area contributed by atoms with Gasteiger partial charge in [-0.05, 0) is 42.3 Å². The van der Waals surface area contributed by atoms with Gasteiger partial charge in [-0.2, -0.15) is 0 Å². The van der Waals surface area contributed by atoms with Crippen molar-refractivity contribution in [1.29, 1.82) is 0 Å². The second-order valence-corrected chi connectivity index (χ2v) is 4.49. The van der Waals surface area contributed by atoms with Crippen molar-refractivity contribution >= 4 is 5.91 Å². The molecule has 0 radical (unpaired) electrons. The first kappa shape index (κ1) is 15.0. The highest BCUT2D eigenvalue weighted by atomic mass is 19.2. The fourth-order valence-corrected chi connectivity index (χ4v) is 1.88. The van der Waals surface area contributed by atoms with E-state index in [9.17, 15) is 13.6 Å². The predicted octanol–water partition coefficient (Wildman–Crippen LogP) is 2.95. The van der Waals surface area contributed by atoms with Gasteiger partial charge in [0.1, 0.15) is 5.75 Å². The Kier molecular flexibility index (Phi) is 4.87. The molecule has 0 aliphatic rings. The van der Waals surface area contributed by atoms with E-state index < -0.39 is 11.6 Å². The lowest BCUT2D eigenvalue weighted by atomic mass is 10.1. The van der Waals surface area contributed by atoms with Gasteiger partial charge in [0.25, 0.3) is 5.91 Å². The molecular formula is C16H15F2NO2. The summed E-state index contributed by atoms with van der Waals surface area (Å²) < 4.78 is 30.9. The van der Waals surface area contributed by atoms with Crippen molar-refractivity contribution in [3.8, 4) is 5.75 Å². The predicted molar refractivity (Wildman–Crippen MR) is 75.4 cm³/mol. The van der Waals surface area contributed by atoms with Crippen LogP contribution in [0.2, 0.25) is 0 Å². The van der Waals surface area contributed by atoms with Gasteiger partial charge < -0.3 is 10.1 Å². The van der Waals surface area contributed by atoms with E-state index in [1.807, 2.05) is 0 Å². The summed E-state index contributed by atoms with van der Waals surface area (Å²) in [4.78, 5) is 11.9. The molecule has 0 fully saturated rings. The highest BCUT2D eigenvalue weighted by molar-refractivity contribution is 5.94. The van der Waals surface area contributed by atoms with Crippen LogP contribution in [0.3, 0.4) is 0 Å². The molecule has 0 heterocycles. The maximum absolute atomic E-state index is 13.0. The number of rotatable bonds is 5. The molecular weight excluding hydrogens is 276 g/mol. The van der Waals surface area contributed by atoms with E-state index in [0.717, 1.165) is 12.1 Å². The highest BCUT2D eigenvalue weighted by Gasteiger charge is 2.07. The van der Waals surface area contributed by atoms with Gasteiger partial charge in [0.05, 0.1) is 7.11 Å². The van der Waals surface area contributed by atoms with Crippen LogP contribution in [-0.2, 0) is 6.42 Å². The number of carbonyl (C=O) groups is 1. The summed E-state index contributed by atoms with van der Waals surface area (Å²) in [6.07, 6.45) is 0.424. The van der Waals surface area contributed by atoms with Gasteiger partial charge in [0, 0.05) is 12.1 Å². The average molecular weight is 291 g/mol. The molecule has 21 heavy (non-hydrogen) atoms. The summed E-state index contributed by atoms with van der Waals surface area (Å²) in [7, 11) is 1.53. The van der Waals surface area contributed by atoms with E-state index in [1.54, 1.807) is 24.3 Å². The number of benzene rings is 2. The Morgan fingerprint density at radius 1 is 1.14 bits per heavy atom. The van der Waals surface area contributed by atoms with Gasteiger partial charge in [0.2, 0.25) is 0 Å². The van der Waals surface area contributed by atoms with Crippen LogP contribution in [0, 0.1) is 11.6 Å². The topological polar surface area (TPSA) is 38.3 Å².